The first-order chi connectivity index (χ1) is 9.81. The van der Waals surface area contributed by atoms with E-state index in [4.69, 9.17) is 4.74 Å². The molecule has 4 heteroatoms. The van der Waals surface area contributed by atoms with Crippen LogP contribution in [-0.4, -0.2) is 24.0 Å². The molecule has 0 saturated carbocycles. The first-order valence-electron chi connectivity index (χ1n) is 6.91. The SMILES string of the molecule is O=C(c1ccc2c(c1)CCO2)N1CCc2sccc2C1. The van der Waals surface area contributed by atoms with Gasteiger partial charge in [-0.1, -0.05) is 0 Å². The molecule has 0 atom stereocenters. The molecule has 2 aromatic rings. The van der Waals surface area contributed by atoms with E-state index < -0.39 is 0 Å². The van der Waals surface area contributed by atoms with Crippen LogP contribution < -0.4 is 4.74 Å². The number of carbonyl (C=O) groups is 1. The normalized spacial score (nSPS) is 16.5. The van der Waals surface area contributed by atoms with Crippen LogP contribution in [0.25, 0.3) is 0 Å². The zero-order valence-corrected chi connectivity index (χ0v) is 11.9. The fraction of sp³-hybridized carbons (Fsp3) is 0.312. The van der Waals surface area contributed by atoms with Gasteiger partial charge in [0, 0.05) is 30.0 Å². The number of benzene rings is 1. The van der Waals surface area contributed by atoms with Crippen LogP contribution >= 0.6 is 11.3 Å². The van der Waals surface area contributed by atoms with Crippen LogP contribution in [0.1, 0.15) is 26.4 Å². The molecule has 0 fully saturated rings. The molecule has 1 amide bonds. The smallest absolute Gasteiger partial charge is 0.254 e. The number of amides is 1. The molecule has 1 aromatic heterocycles. The van der Waals surface area contributed by atoms with Crippen LogP contribution in [0, 0.1) is 0 Å². The summed E-state index contributed by atoms with van der Waals surface area (Å²) < 4.78 is 5.49. The van der Waals surface area contributed by atoms with Gasteiger partial charge >= 0.3 is 0 Å². The van der Waals surface area contributed by atoms with Gasteiger partial charge in [0.2, 0.25) is 0 Å². The van der Waals surface area contributed by atoms with Gasteiger partial charge in [-0.3, -0.25) is 4.79 Å². The highest BCUT2D eigenvalue weighted by Gasteiger charge is 2.23. The third-order valence-corrected chi connectivity index (χ3v) is 5.05. The third kappa shape index (κ3) is 1.91. The quantitative estimate of drug-likeness (QED) is 0.806. The number of nitrogens with zero attached hydrogens (tertiary/aromatic N) is 1. The molecule has 0 spiro atoms. The highest BCUT2D eigenvalue weighted by molar-refractivity contribution is 7.10. The van der Waals surface area contributed by atoms with Crippen molar-refractivity contribution < 1.29 is 9.53 Å². The number of hydrogen-bond donors (Lipinski definition) is 0. The van der Waals surface area contributed by atoms with Crippen LogP contribution in [0.3, 0.4) is 0 Å². The first-order valence-corrected chi connectivity index (χ1v) is 7.79. The number of carbonyl (C=O) groups excluding carboxylic acids is 1. The van der Waals surface area contributed by atoms with E-state index in [0.29, 0.717) is 0 Å². The maximum absolute atomic E-state index is 12.6. The molecule has 0 radical (unpaired) electrons. The van der Waals surface area contributed by atoms with Crippen LogP contribution in [0.4, 0.5) is 0 Å². The van der Waals surface area contributed by atoms with Crippen LogP contribution in [0.2, 0.25) is 0 Å². The summed E-state index contributed by atoms with van der Waals surface area (Å²) in [5.74, 6) is 1.07. The lowest BCUT2D eigenvalue weighted by atomic mass is 10.1. The average molecular weight is 285 g/mol. The van der Waals surface area contributed by atoms with Gasteiger partial charge in [-0.2, -0.15) is 0 Å². The minimum absolute atomic E-state index is 0.136. The Labute approximate surface area is 121 Å². The predicted octanol–water partition coefficient (Wildman–Crippen LogP) is 2.88. The number of hydrogen-bond acceptors (Lipinski definition) is 3. The molecule has 102 valence electrons. The molecular weight excluding hydrogens is 270 g/mol. The molecule has 0 bridgehead atoms. The van der Waals surface area contributed by atoms with Crippen molar-refractivity contribution in [2.24, 2.45) is 0 Å². The lowest BCUT2D eigenvalue weighted by Crippen LogP contribution is -2.35. The van der Waals surface area contributed by atoms with Gasteiger partial charge in [-0.05, 0) is 47.2 Å². The number of ether oxygens (including phenoxy) is 1. The van der Waals surface area contributed by atoms with Crippen molar-refractivity contribution in [3.63, 3.8) is 0 Å². The topological polar surface area (TPSA) is 29.5 Å². The van der Waals surface area contributed by atoms with Gasteiger partial charge in [0.05, 0.1) is 6.61 Å². The Morgan fingerprint density at radius 3 is 3.10 bits per heavy atom. The van der Waals surface area contributed by atoms with Crippen molar-refractivity contribution in [2.75, 3.05) is 13.2 Å². The van der Waals surface area contributed by atoms with E-state index in [1.54, 1.807) is 11.3 Å². The van der Waals surface area contributed by atoms with E-state index in [2.05, 4.69) is 11.4 Å². The van der Waals surface area contributed by atoms with Crippen molar-refractivity contribution in [2.45, 2.75) is 19.4 Å². The zero-order valence-electron chi connectivity index (χ0n) is 11.1. The Morgan fingerprint density at radius 1 is 1.20 bits per heavy atom. The van der Waals surface area contributed by atoms with Crippen LogP contribution in [-0.2, 0) is 19.4 Å². The second-order valence-electron chi connectivity index (χ2n) is 5.27. The van der Waals surface area contributed by atoms with E-state index in [0.717, 1.165) is 49.4 Å². The van der Waals surface area contributed by atoms with Crippen molar-refractivity contribution in [1.29, 1.82) is 0 Å². The van der Waals surface area contributed by atoms with Gasteiger partial charge in [-0.25, -0.2) is 0 Å². The lowest BCUT2D eigenvalue weighted by Gasteiger charge is -2.27. The summed E-state index contributed by atoms with van der Waals surface area (Å²) >= 11 is 1.80. The second kappa shape index (κ2) is 4.63. The maximum atomic E-state index is 12.6. The van der Waals surface area contributed by atoms with Crippen molar-refractivity contribution in [3.8, 4) is 5.75 Å². The van der Waals surface area contributed by atoms with Gasteiger partial charge in [0.15, 0.2) is 0 Å². The van der Waals surface area contributed by atoms with E-state index in [9.17, 15) is 4.79 Å². The molecule has 20 heavy (non-hydrogen) atoms. The van der Waals surface area contributed by atoms with Gasteiger partial charge < -0.3 is 9.64 Å². The molecule has 0 N–H and O–H groups in total. The molecule has 0 saturated heterocycles. The van der Waals surface area contributed by atoms with Crippen LogP contribution in [0.5, 0.6) is 5.75 Å². The fourth-order valence-corrected chi connectivity index (χ4v) is 3.81. The summed E-state index contributed by atoms with van der Waals surface area (Å²) in [6.07, 6.45) is 1.89. The molecule has 0 unspecified atom stereocenters. The highest BCUT2D eigenvalue weighted by Crippen LogP contribution is 2.28. The Kier molecular flexibility index (Phi) is 2.77. The summed E-state index contributed by atoms with van der Waals surface area (Å²) in [5, 5.41) is 2.12. The van der Waals surface area contributed by atoms with Gasteiger partial charge in [-0.15, -0.1) is 11.3 Å². The average Bonchev–Trinajstić information content (AvgIpc) is 3.13. The first kappa shape index (κ1) is 12.0. The molecule has 2 aliphatic heterocycles. The summed E-state index contributed by atoms with van der Waals surface area (Å²) in [7, 11) is 0. The zero-order chi connectivity index (χ0) is 13.5. The van der Waals surface area contributed by atoms with Crippen LogP contribution in [0.15, 0.2) is 29.6 Å². The maximum Gasteiger partial charge on any atom is 0.254 e. The summed E-state index contributed by atoms with van der Waals surface area (Å²) in [5.41, 5.74) is 3.25. The number of rotatable bonds is 1. The monoisotopic (exact) mass is 285 g/mol. The van der Waals surface area contributed by atoms with Gasteiger partial charge in [0.1, 0.15) is 5.75 Å². The molecule has 1 aromatic carbocycles. The second-order valence-corrected chi connectivity index (χ2v) is 6.27. The van der Waals surface area contributed by atoms with E-state index in [-0.39, 0.29) is 5.91 Å². The van der Waals surface area contributed by atoms with Crippen molar-refractivity contribution in [3.05, 3.63) is 51.2 Å². The Balaban J connectivity index is 1.59. The lowest BCUT2D eigenvalue weighted by molar-refractivity contribution is 0.0736. The fourth-order valence-electron chi connectivity index (χ4n) is 2.92. The Morgan fingerprint density at radius 2 is 2.15 bits per heavy atom. The Bertz CT molecular complexity index is 677. The minimum atomic E-state index is 0.136. The molecule has 3 heterocycles. The van der Waals surface area contributed by atoms with Gasteiger partial charge in [0.25, 0.3) is 5.91 Å². The molecule has 2 aliphatic rings. The van der Waals surface area contributed by atoms with E-state index >= 15 is 0 Å². The molecule has 4 rings (SSSR count). The summed E-state index contributed by atoms with van der Waals surface area (Å²) in [4.78, 5) is 16.0. The number of fused-ring (bicyclic) bond motifs is 2. The van der Waals surface area contributed by atoms with Crippen molar-refractivity contribution >= 4 is 17.2 Å². The van der Waals surface area contributed by atoms with E-state index in [1.165, 1.54) is 10.4 Å². The molecular formula is C16H15NO2S. The largest absolute Gasteiger partial charge is 0.493 e. The Hall–Kier alpha value is -1.81. The number of thiophene rings is 1. The van der Waals surface area contributed by atoms with Crippen molar-refractivity contribution in [1.82, 2.24) is 4.90 Å². The minimum Gasteiger partial charge on any atom is -0.493 e. The predicted molar refractivity (Wildman–Crippen MR) is 78.4 cm³/mol. The molecule has 0 aliphatic carbocycles. The standard InChI is InChI=1S/C16H15NO2S/c18-16(12-1-2-14-11(9-12)4-7-19-14)17-6-3-15-13(10-17)5-8-20-15/h1-2,5,8-9H,3-4,6-7,10H2. The summed E-state index contributed by atoms with van der Waals surface area (Å²) in [6, 6.07) is 7.94. The highest BCUT2D eigenvalue weighted by atomic mass is 32.1. The third-order valence-electron chi connectivity index (χ3n) is 4.03. The summed E-state index contributed by atoms with van der Waals surface area (Å²) in [6.45, 7) is 2.29. The molecule has 3 nitrogen and oxygen atoms in total. The van der Waals surface area contributed by atoms with E-state index in [1.807, 2.05) is 23.1 Å².